The molecule has 7 heteroatoms. The molecule has 3 aliphatic rings. The van der Waals surface area contributed by atoms with Gasteiger partial charge in [-0.1, -0.05) is 13.0 Å². The van der Waals surface area contributed by atoms with Gasteiger partial charge >= 0.3 is 0 Å². The lowest BCUT2D eigenvalue weighted by Crippen LogP contribution is -2.51. The first kappa shape index (κ1) is 20.7. The highest BCUT2D eigenvalue weighted by atomic mass is 32.1. The topological polar surface area (TPSA) is 63.7 Å². The van der Waals surface area contributed by atoms with E-state index in [1.165, 1.54) is 19.3 Å². The molecule has 0 aromatic carbocycles. The van der Waals surface area contributed by atoms with E-state index in [2.05, 4.69) is 34.9 Å². The summed E-state index contributed by atoms with van der Waals surface area (Å²) in [6.07, 6.45) is 3.56. The normalized spacial score (nSPS) is 24.9. The fourth-order valence-electron chi connectivity index (χ4n) is 4.63. The Bertz CT molecular complexity index is 937. The van der Waals surface area contributed by atoms with E-state index in [0.717, 1.165) is 35.4 Å². The maximum atomic E-state index is 13.0. The molecule has 164 valence electrons. The van der Waals surface area contributed by atoms with Gasteiger partial charge in [-0.3, -0.25) is 14.6 Å². The maximum absolute atomic E-state index is 13.0. The number of nitrogens with zero attached hydrogens (tertiary/aromatic N) is 4. The highest BCUT2D eigenvalue weighted by Crippen LogP contribution is 2.47. The Kier molecular flexibility index (Phi) is 5.87. The summed E-state index contributed by atoms with van der Waals surface area (Å²) in [5.74, 6) is 3.61. The van der Waals surface area contributed by atoms with E-state index in [4.69, 9.17) is 4.42 Å². The van der Waals surface area contributed by atoms with Crippen LogP contribution in [-0.4, -0.2) is 59.4 Å². The molecular formula is C24H30N4O2S. The second-order valence-electron chi connectivity index (χ2n) is 9.22. The first-order valence-corrected chi connectivity index (χ1v) is 12.3. The molecule has 3 heterocycles. The molecule has 2 aromatic rings. The molecule has 1 aliphatic heterocycles. The second kappa shape index (κ2) is 8.78. The molecule has 6 nitrogen and oxygen atoms in total. The van der Waals surface area contributed by atoms with Crippen LogP contribution in [0.5, 0.6) is 0 Å². The van der Waals surface area contributed by atoms with E-state index in [0.29, 0.717) is 38.1 Å². The van der Waals surface area contributed by atoms with E-state index in [1.807, 2.05) is 22.4 Å². The lowest BCUT2D eigenvalue weighted by molar-refractivity contribution is -0.134. The largest absolute Gasteiger partial charge is 0.464 e. The van der Waals surface area contributed by atoms with Crippen LogP contribution >= 0.6 is 11.3 Å². The van der Waals surface area contributed by atoms with Gasteiger partial charge in [-0.15, -0.1) is 11.3 Å². The molecule has 2 saturated carbocycles. The molecule has 0 N–H and O–H groups in total. The third-order valence-corrected chi connectivity index (χ3v) is 7.81. The number of carbonyl (C=O) groups is 1. The van der Waals surface area contributed by atoms with E-state index in [-0.39, 0.29) is 11.9 Å². The summed E-state index contributed by atoms with van der Waals surface area (Å²) >= 11 is 1.62. The Balaban J connectivity index is 1.15. The number of thiophene rings is 1. The summed E-state index contributed by atoms with van der Waals surface area (Å²) in [4.78, 5) is 20.6. The lowest BCUT2D eigenvalue weighted by Gasteiger charge is -2.37. The van der Waals surface area contributed by atoms with Gasteiger partial charge in [0.05, 0.1) is 19.2 Å². The minimum Gasteiger partial charge on any atom is -0.464 e. The van der Waals surface area contributed by atoms with Gasteiger partial charge in [0.25, 0.3) is 0 Å². The Morgan fingerprint density at radius 2 is 2.06 bits per heavy atom. The van der Waals surface area contributed by atoms with Crippen LogP contribution in [0, 0.1) is 17.2 Å². The van der Waals surface area contributed by atoms with E-state index in [1.54, 1.807) is 11.3 Å². The Hall–Kier alpha value is -2.14. The summed E-state index contributed by atoms with van der Waals surface area (Å²) in [5.41, 5.74) is 0. The van der Waals surface area contributed by atoms with Gasteiger partial charge < -0.3 is 9.32 Å². The van der Waals surface area contributed by atoms with Crippen LogP contribution in [0.25, 0.3) is 0 Å². The van der Waals surface area contributed by atoms with E-state index in [9.17, 15) is 10.1 Å². The van der Waals surface area contributed by atoms with Crippen molar-refractivity contribution in [1.29, 1.82) is 5.26 Å². The minimum absolute atomic E-state index is 0.193. The number of hydrogen-bond acceptors (Lipinski definition) is 6. The number of rotatable bonds is 8. The van der Waals surface area contributed by atoms with Crippen LogP contribution in [-0.2, 0) is 11.3 Å². The average molecular weight is 439 g/mol. The van der Waals surface area contributed by atoms with Crippen LogP contribution < -0.4 is 0 Å². The number of furan rings is 1. The quantitative estimate of drug-likeness (QED) is 0.627. The molecule has 2 aliphatic carbocycles. The Morgan fingerprint density at radius 1 is 1.29 bits per heavy atom. The van der Waals surface area contributed by atoms with Crippen LogP contribution in [0.15, 0.2) is 34.1 Å². The van der Waals surface area contributed by atoms with Crippen LogP contribution in [0.1, 0.15) is 54.5 Å². The van der Waals surface area contributed by atoms with Crippen molar-refractivity contribution in [2.45, 2.75) is 50.7 Å². The molecule has 2 aromatic heterocycles. The zero-order valence-corrected chi connectivity index (χ0v) is 18.9. The molecule has 0 unspecified atom stereocenters. The van der Waals surface area contributed by atoms with Crippen LogP contribution in [0.4, 0.5) is 0 Å². The molecule has 0 bridgehead atoms. The van der Waals surface area contributed by atoms with Gasteiger partial charge in [0.2, 0.25) is 5.91 Å². The van der Waals surface area contributed by atoms with E-state index >= 15 is 0 Å². The summed E-state index contributed by atoms with van der Waals surface area (Å²) in [6.45, 7) is 6.29. The first-order chi connectivity index (χ1) is 15.1. The lowest BCUT2D eigenvalue weighted by atomic mass is 10.2. The van der Waals surface area contributed by atoms with Crippen molar-refractivity contribution in [2.75, 3.05) is 32.7 Å². The highest BCUT2D eigenvalue weighted by molar-refractivity contribution is 7.10. The molecular weight excluding hydrogens is 408 g/mol. The van der Waals surface area contributed by atoms with Gasteiger partial charge in [-0.25, -0.2) is 0 Å². The fraction of sp³-hybridized carbons (Fsp3) is 0.583. The van der Waals surface area contributed by atoms with Gasteiger partial charge in [0, 0.05) is 43.0 Å². The van der Waals surface area contributed by atoms with Gasteiger partial charge in [0.1, 0.15) is 17.6 Å². The maximum Gasteiger partial charge on any atom is 0.236 e. The zero-order chi connectivity index (χ0) is 21.4. The molecule has 5 rings (SSSR count). The third-order valence-electron chi connectivity index (χ3n) is 6.88. The predicted molar refractivity (Wildman–Crippen MR) is 119 cm³/mol. The summed E-state index contributed by atoms with van der Waals surface area (Å²) in [5, 5.41) is 11.6. The van der Waals surface area contributed by atoms with Crippen molar-refractivity contribution in [3.8, 4) is 6.07 Å². The summed E-state index contributed by atoms with van der Waals surface area (Å²) in [6, 6.07) is 10.9. The molecule has 1 saturated heterocycles. The SMILES string of the molecule is C[C@@H]1C[C@@H]1c1ccc(CN(CC(=O)N2CCN([C@H](C#N)c3cccs3)CC2)C2CC2)o1. The molecule has 31 heavy (non-hydrogen) atoms. The summed E-state index contributed by atoms with van der Waals surface area (Å²) < 4.78 is 6.10. The molecule has 0 spiro atoms. The number of hydrogen-bond donors (Lipinski definition) is 0. The first-order valence-electron chi connectivity index (χ1n) is 11.4. The van der Waals surface area contributed by atoms with E-state index < -0.39 is 0 Å². The third kappa shape index (κ3) is 4.72. The zero-order valence-electron chi connectivity index (χ0n) is 18.1. The van der Waals surface area contributed by atoms with Crippen molar-refractivity contribution in [2.24, 2.45) is 5.92 Å². The smallest absolute Gasteiger partial charge is 0.236 e. The van der Waals surface area contributed by atoms with Gasteiger partial charge in [-0.05, 0) is 48.8 Å². The van der Waals surface area contributed by atoms with Crippen molar-refractivity contribution >= 4 is 17.2 Å². The van der Waals surface area contributed by atoms with Crippen molar-refractivity contribution in [1.82, 2.24) is 14.7 Å². The second-order valence-corrected chi connectivity index (χ2v) is 10.2. The number of amides is 1. The van der Waals surface area contributed by atoms with Gasteiger partial charge in [-0.2, -0.15) is 5.26 Å². The monoisotopic (exact) mass is 438 g/mol. The molecule has 0 radical (unpaired) electrons. The summed E-state index contributed by atoms with van der Waals surface area (Å²) in [7, 11) is 0. The van der Waals surface area contributed by atoms with Crippen molar-refractivity contribution < 1.29 is 9.21 Å². The standard InChI is InChI=1S/C24H30N4O2S/c1-17-13-20(17)22-7-6-19(30-22)15-28(18-4-5-18)16-24(29)27-10-8-26(9-11-27)21(14-25)23-3-2-12-31-23/h2-3,6-7,12,17-18,20-21H,4-5,8-11,13,15-16H2,1H3/t17-,20+,21-/m1/s1. The Morgan fingerprint density at radius 3 is 2.68 bits per heavy atom. The van der Waals surface area contributed by atoms with Gasteiger partial charge in [0.15, 0.2) is 0 Å². The molecule has 3 fully saturated rings. The average Bonchev–Trinajstić information content (AvgIpc) is 3.64. The van der Waals surface area contributed by atoms with Crippen LogP contribution in [0.3, 0.4) is 0 Å². The number of piperazine rings is 1. The Labute approximate surface area is 188 Å². The number of carbonyl (C=O) groups excluding carboxylic acids is 1. The highest BCUT2D eigenvalue weighted by Gasteiger charge is 2.37. The fourth-order valence-corrected chi connectivity index (χ4v) is 5.43. The minimum atomic E-state index is -0.206. The molecule has 3 atom stereocenters. The van der Waals surface area contributed by atoms with Crippen molar-refractivity contribution in [3.05, 3.63) is 46.0 Å². The number of nitriles is 1. The predicted octanol–water partition coefficient (Wildman–Crippen LogP) is 3.84. The van der Waals surface area contributed by atoms with Crippen LogP contribution in [0.2, 0.25) is 0 Å². The molecule has 1 amide bonds. The van der Waals surface area contributed by atoms with Crippen molar-refractivity contribution in [3.63, 3.8) is 0 Å².